The van der Waals surface area contributed by atoms with Gasteiger partial charge in [-0.25, -0.2) is 0 Å². The Labute approximate surface area is 229 Å². The van der Waals surface area contributed by atoms with Crippen LogP contribution in [0, 0.1) is 20.2 Å². The van der Waals surface area contributed by atoms with Crippen LogP contribution in [0.3, 0.4) is 0 Å². The SMILES string of the molecule is CN(C)CCCN(C=O)c1cc(SSc2ccc([N+](=O)[O-])c(N(C=O)CCCN(C)C)c2)ccc1[N+](=O)[O-]. The molecule has 0 unspecified atom stereocenters. The van der Waals surface area contributed by atoms with Gasteiger partial charge in [-0.2, -0.15) is 0 Å². The van der Waals surface area contributed by atoms with Crippen LogP contribution in [0.15, 0.2) is 46.2 Å². The lowest BCUT2D eigenvalue weighted by Gasteiger charge is -2.20. The maximum absolute atomic E-state index is 11.8. The Hall–Kier alpha value is -3.20. The summed E-state index contributed by atoms with van der Waals surface area (Å²) in [5.74, 6) is 0. The van der Waals surface area contributed by atoms with E-state index in [9.17, 15) is 29.8 Å². The van der Waals surface area contributed by atoms with Crippen LogP contribution < -0.4 is 9.80 Å². The van der Waals surface area contributed by atoms with Gasteiger partial charge >= 0.3 is 0 Å². The molecule has 0 saturated carbocycles. The van der Waals surface area contributed by atoms with E-state index in [2.05, 4.69) is 0 Å². The zero-order chi connectivity index (χ0) is 28.2. The Bertz CT molecular complexity index is 1050. The van der Waals surface area contributed by atoms with Crippen molar-refractivity contribution < 1.29 is 19.4 Å². The van der Waals surface area contributed by atoms with Gasteiger partial charge in [0.1, 0.15) is 11.4 Å². The lowest BCUT2D eigenvalue weighted by molar-refractivity contribution is -0.384. The normalized spacial score (nSPS) is 11.0. The second-order valence-corrected chi connectivity index (χ2v) is 11.2. The van der Waals surface area contributed by atoms with Crippen molar-refractivity contribution in [1.29, 1.82) is 0 Å². The molecule has 0 radical (unpaired) electrons. The molecule has 12 nitrogen and oxygen atoms in total. The summed E-state index contributed by atoms with van der Waals surface area (Å²) in [6, 6.07) is 9.08. The Morgan fingerprint density at radius 3 is 1.34 bits per heavy atom. The minimum Gasteiger partial charge on any atom is -0.309 e. The second-order valence-electron chi connectivity index (χ2n) is 8.89. The number of carbonyl (C=O) groups excluding carboxylic acids is 2. The Balaban J connectivity index is 2.27. The molecule has 2 amide bonds. The Kier molecular flexibility index (Phi) is 12.5. The van der Waals surface area contributed by atoms with Crippen molar-refractivity contribution in [2.75, 3.05) is 64.2 Å². The van der Waals surface area contributed by atoms with Crippen molar-refractivity contribution in [1.82, 2.24) is 9.80 Å². The van der Waals surface area contributed by atoms with Crippen LogP contribution in [0.2, 0.25) is 0 Å². The van der Waals surface area contributed by atoms with Crippen LogP contribution >= 0.6 is 21.6 Å². The van der Waals surface area contributed by atoms with Crippen LogP contribution in [-0.4, -0.2) is 86.8 Å². The van der Waals surface area contributed by atoms with Crippen molar-refractivity contribution >= 4 is 57.2 Å². The highest BCUT2D eigenvalue weighted by Crippen LogP contribution is 2.43. The molecule has 0 saturated heterocycles. The molecule has 0 heterocycles. The number of carbonyl (C=O) groups is 2. The molecule has 2 aromatic rings. The van der Waals surface area contributed by atoms with E-state index in [1.54, 1.807) is 24.3 Å². The summed E-state index contributed by atoms with van der Waals surface area (Å²) in [6.07, 6.45) is 2.46. The first-order chi connectivity index (χ1) is 18.1. The Morgan fingerprint density at radius 2 is 1.05 bits per heavy atom. The van der Waals surface area contributed by atoms with Crippen molar-refractivity contribution in [2.24, 2.45) is 0 Å². The molecule has 38 heavy (non-hydrogen) atoms. The summed E-state index contributed by atoms with van der Waals surface area (Å²) in [7, 11) is 10.2. The number of anilines is 2. The third-order valence-electron chi connectivity index (χ3n) is 5.40. The first kappa shape index (κ1) is 31.0. The van der Waals surface area contributed by atoms with Crippen LogP contribution in [-0.2, 0) is 9.59 Å². The average molecular weight is 565 g/mol. The van der Waals surface area contributed by atoms with Gasteiger partial charge in [-0.05, 0) is 78.4 Å². The molecule has 0 bridgehead atoms. The zero-order valence-corrected chi connectivity index (χ0v) is 23.4. The van der Waals surface area contributed by atoms with Crippen molar-refractivity contribution in [3.8, 4) is 0 Å². The molecule has 0 atom stereocenters. The van der Waals surface area contributed by atoms with Gasteiger partial charge < -0.3 is 19.6 Å². The molecule has 2 rings (SSSR count). The fraction of sp³-hybridized carbons (Fsp3) is 0.417. The third-order valence-corrected chi connectivity index (χ3v) is 7.78. The fourth-order valence-electron chi connectivity index (χ4n) is 3.55. The molecule has 2 aromatic carbocycles. The average Bonchev–Trinajstić information content (AvgIpc) is 2.87. The second kappa shape index (κ2) is 15.3. The standard InChI is InChI=1S/C24H32N6O6S2/c1-25(2)11-5-13-27(17-31)23-15-19(7-9-21(23)29(33)34)37-38-20-8-10-22(30(35)36)24(16-20)28(18-32)14-6-12-26(3)4/h7-10,15-18H,5-6,11-14H2,1-4H3. The summed E-state index contributed by atoms with van der Waals surface area (Å²) in [6.45, 7) is 2.09. The first-order valence-corrected chi connectivity index (χ1v) is 13.9. The highest BCUT2D eigenvalue weighted by atomic mass is 33.1. The number of nitrogens with zero attached hydrogens (tertiary/aromatic N) is 6. The number of hydrogen-bond donors (Lipinski definition) is 0. The van der Waals surface area contributed by atoms with Gasteiger partial charge in [0, 0.05) is 35.0 Å². The van der Waals surface area contributed by atoms with Gasteiger partial charge in [0.05, 0.1) is 9.85 Å². The monoisotopic (exact) mass is 564 g/mol. The topological polar surface area (TPSA) is 133 Å². The number of hydrogen-bond acceptors (Lipinski definition) is 10. The number of rotatable bonds is 17. The lowest BCUT2D eigenvalue weighted by Crippen LogP contribution is -2.26. The number of benzene rings is 2. The molecule has 0 aliphatic carbocycles. The summed E-state index contributed by atoms with van der Waals surface area (Å²) < 4.78 is 0. The number of amides is 2. The quantitative estimate of drug-likeness (QED) is 0.119. The van der Waals surface area contributed by atoms with E-state index in [0.29, 0.717) is 48.5 Å². The molecule has 0 fully saturated rings. The Morgan fingerprint density at radius 1 is 0.684 bits per heavy atom. The molecule has 0 aliphatic heterocycles. The van der Waals surface area contributed by atoms with Gasteiger partial charge in [0.15, 0.2) is 0 Å². The van der Waals surface area contributed by atoms with Gasteiger partial charge in [0.25, 0.3) is 11.4 Å². The molecular weight excluding hydrogens is 532 g/mol. The summed E-state index contributed by atoms with van der Waals surface area (Å²) >= 11 is 0. The summed E-state index contributed by atoms with van der Waals surface area (Å²) in [5.41, 5.74) is 0.0556. The molecule has 0 N–H and O–H groups in total. The smallest absolute Gasteiger partial charge is 0.293 e. The van der Waals surface area contributed by atoms with E-state index in [1.807, 2.05) is 38.0 Å². The van der Waals surface area contributed by atoms with Crippen LogP contribution in [0.1, 0.15) is 12.8 Å². The van der Waals surface area contributed by atoms with E-state index >= 15 is 0 Å². The highest BCUT2D eigenvalue weighted by molar-refractivity contribution is 8.76. The fourth-order valence-corrected chi connectivity index (χ4v) is 5.51. The molecule has 206 valence electrons. The van der Waals surface area contributed by atoms with Gasteiger partial charge in [-0.3, -0.25) is 29.8 Å². The van der Waals surface area contributed by atoms with Crippen molar-refractivity contribution in [3.05, 3.63) is 56.6 Å². The predicted molar refractivity (Wildman–Crippen MR) is 151 cm³/mol. The largest absolute Gasteiger partial charge is 0.309 e. The highest BCUT2D eigenvalue weighted by Gasteiger charge is 2.22. The number of nitro groups is 2. The first-order valence-electron chi connectivity index (χ1n) is 11.7. The van der Waals surface area contributed by atoms with E-state index in [1.165, 1.54) is 43.5 Å². The third kappa shape index (κ3) is 9.28. The maximum atomic E-state index is 11.8. The van der Waals surface area contributed by atoms with Crippen molar-refractivity contribution in [2.45, 2.75) is 22.6 Å². The molecule has 0 spiro atoms. The minimum absolute atomic E-state index is 0.173. The molecular formula is C24H32N6O6S2. The summed E-state index contributed by atoms with van der Waals surface area (Å²) in [5, 5.41) is 23.2. The number of nitro benzene ring substituents is 2. The van der Waals surface area contributed by atoms with Gasteiger partial charge in [-0.15, -0.1) is 0 Å². The predicted octanol–water partition coefficient (Wildman–Crippen LogP) is 4.13. The lowest BCUT2D eigenvalue weighted by atomic mass is 10.2. The van der Waals surface area contributed by atoms with Crippen LogP contribution in [0.25, 0.3) is 0 Å². The van der Waals surface area contributed by atoms with E-state index in [0.717, 1.165) is 13.1 Å². The molecule has 0 aromatic heterocycles. The van der Waals surface area contributed by atoms with E-state index < -0.39 is 9.85 Å². The van der Waals surface area contributed by atoms with Gasteiger partial charge in [-0.1, -0.05) is 21.6 Å². The molecule has 14 heteroatoms. The summed E-state index contributed by atoms with van der Waals surface area (Å²) in [4.78, 5) is 53.6. The van der Waals surface area contributed by atoms with E-state index in [-0.39, 0.29) is 22.7 Å². The van der Waals surface area contributed by atoms with Crippen molar-refractivity contribution in [3.63, 3.8) is 0 Å². The zero-order valence-electron chi connectivity index (χ0n) is 21.8. The van der Waals surface area contributed by atoms with Gasteiger partial charge in [0.2, 0.25) is 12.8 Å². The molecule has 0 aliphatic rings. The van der Waals surface area contributed by atoms with E-state index in [4.69, 9.17) is 0 Å². The minimum atomic E-state index is -0.522. The van der Waals surface area contributed by atoms with Crippen LogP contribution in [0.4, 0.5) is 22.7 Å². The maximum Gasteiger partial charge on any atom is 0.293 e. The van der Waals surface area contributed by atoms with Crippen LogP contribution in [0.5, 0.6) is 0 Å².